The van der Waals surface area contributed by atoms with Crippen molar-refractivity contribution < 1.29 is 10.2 Å². The van der Waals surface area contributed by atoms with Crippen LogP contribution in [0, 0.1) is 0 Å². The van der Waals surface area contributed by atoms with Crippen molar-refractivity contribution in [3.8, 4) is 5.75 Å². The fourth-order valence-electron chi connectivity index (χ4n) is 1.37. The van der Waals surface area contributed by atoms with Crippen LogP contribution in [0.5, 0.6) is 5.75 Å². The molecule has 3 N–H and O–H groups in total. The summed E-state index contributed by atoms with van der Waals surface area (Å²) < 4.78 is 0. The Balaban J connectivity index is 2.86. The second-order valence-corrected chi connectivity index (χ2v) is 4.65. The number of aliphatic hydroxyl groups excluding tert-OH is 1. The van der Waals surface area contributed by atoms with Gasteiger partial charge in [0.2, 0.25) is 0 Å². The zero-order valence-electron chi connectivity index (χ0n) is 9.17. The summed E-state index contributed by atoms with van der Waals surface area (Å²) >= 11 is 11.7. The fraction of sp³-hybridized carbons (Fsp3) is 0.455. The van der Waals surface area contributed by atoms with Crippen LogP contribution in [0.25, 0.3) is 0 Å². The SMILES string of the molecule is CC(NC[C@H](C)O)c1cc(Cl)cc(Cl)c1O. The van der Waals surface area contributed by atoms with E-state index >= 15 is 0 Å². The average molecular weight is 264 g/mol. The molecule has 0 saturated carbocycles. The highest BCUT2D eigenvalue weighted by atomic mass is 35.5. The molecule has 0 aliphatic heterocycles. The lowest BCUT2D eigenvalue weighted by atomic mass is 10.1. The Morgan fingerprint density at radius 1 is 1.31 bits per heavy atom. The Kier molecular flexibility index (Phi) is 4.87. The summed E-state index contributed by atoms with van der Waals surface area (Å²) in [6, 6.07) is 3.01. The van der Waals surface area contributed by atoms with Crippen LogP contribution in [-0.2, 0) is 0 Å². The van der Waals surface area contributed by atoms with Gasteiger partial charge in [-0.1, -0.05) is 23.2 Å². The molecule has 0 heterocycles. The summed E-state index contributed by atoms with van der Waals surface area (Å²) in [5, 5.41) is 22.7. The van der Waals surface area contributed by atoms with E-state index in [0.717, 1.165) is 0 Å². The zero-order valence-corrected chi connectivity index (χ0v) is 10.7. The van der Waals surface area contributed by atoms with Crippen LogP contribution in [0.1, 0.15) is 25.5 Å². The molecule has 3 nitrogen and oxygen atoms in total. The number of aromatic hydroxyl groups is 1. The van der Waals surface area contributed by atoms with Crippen LogP contribution < -0.4 is 5.32 Å². The highest BCUT2D eigenvalue weighted by Gasteiger charge is 2.14. The Morgan fingerprint density at radius 3 is 2.50 bits per heavy atom. The van der Waals surface area contributed by atoms with Gasteiger partial charge in [-0.25, -0.2) is 0 Å². The summed E-state index contributed by atoms with van der Waals surface area (Å²) in [6.45, 7) is 3.99. The summed E-state index contributed by atoms with van der Waals surface area (Å²) in [5.41, 5.74) is 0.623. The Labute approximate surface area is 105 Å². The summed E-state index contributed by atoms with van der Waals surface area (Å²) in [7, 11) is 0. The van der Waals surface area contributed by atoms with Gasteiger partial charge in [0.25, 0.3) is 0 Å². The molecule has 0 fully saturated rings. The number of benzene rings is 1. The minimum atomic E-state index is -0.445. The monoisotopic (exact) mass is 263 g/mol. The number of aliphatic hydroxyl groups is 1. The molecule has 0 aliphatic rings. The molecule has 1 aromatic carbocycles. The maximum Gasteiger partial charge on any atom is 0.139 e. The normalized spacial score (nSPS) is 14.8. The van der Waals surface area contributed by atoms with Crippen molar-refractivity contribution in [1.82, 2.24) is 5.32 Å². The maximum absolute atomic E-state index is 9.76. The van der Waals surface area contributed by atoms with Gasteiger partial charge < -0.3 is 15.5 Å². The Hall–Kier alpha value is -0.480. The topological polar surface area (TPSA) is 52.5 Å². The van der Waals surface area contributed by atoms with Crippen molar-refractivity contribution in [1.29, 1.82) is 0 Å². The van der Waals surface area contributed by atoms with E-state index < -0.39 is 6.10 Å². The highest BCUT2D eigenvalue weighted by Crippen LogP contribution is 2.34. The van der Waals surface area contributed by atoms with Gasteiger partial charge in [-0.05, 0) is 26.0 Å². The molecule has 5 heteroatoms. The lowest BCUT2D eigenvalue weighted by molar-refractivity contribution is 0.187. The molecule has 0 radical (unpaired) electrons. The molecule has 0 aromatic heterocycles. The standard InChI is InChI=1S/C11H15Cl2NO2/c1-6(15)5-14-7(2)9-3-8(12)4-10(13)11(9)16/h3-4,6-7,14-16H,5H2,1-2H3/t6-,7?/m0/s1. The molecule has 1 unspecified atom stereocenters. The molecule has 16 heavy (non-hydrogen) atoms. The third-order valence-corrected chi connectivity index (χ3v) is 2.75. The van der Waals surface area contributed by atoms with Crippen LogP contribution in [0.3, 0.4) is 0 Å². The van der Waals surface area contributed by atoms with Crippen molar-refractivity contribution in [2.45, 2.75) is 26.0 Å². The second-order valence-electron chi connectivity index (χ2n) is 3.80. The lowest BCUT2D eigenvalue weighted by Gasteiger charge is -2.17. The molecule has 1 rings (SSSR count). The van der Waals surface area contributed by atoms with Gasteiger partial charge in [0.15, 0.2) is 0 Å². The van der Waals surface area contributed by atoms with Gasteiger partial charge in [-0.2, -0.15) is 0 Å². The smallest absolute Gasteiger partial charge is 0.139 e. The molecular formula is C11H15Cl2NO2. The third-order valence-electron chi connectivity index (χ3n) is 2.24. The van der Waals surface area contributed by atoms with Crippen LogP contribution >= 0.6 is 23.2 Å². The Bertz CT molecular complexity index is 369. The molecular weight excluding hydrogens is 249 g/mol. The number of rotatable bonds is 4. The van der Waals surface area contributed by atoms with E-state index in [2.05, 4.69) is 5.32 Å². The molecule has 0 saturated heterocycles. The number of hydrogen-bond acceptors (Lipinski definition) is 3. The molecule has 1 aromatic rings. The molecule has 0 spiro atoms. The van der Waals surface area contributed by atoms with Crippen LogP contribution in [-0.4, -0.2) is 22.9 Å². The summed E-state index contributed by atoms with van der Waals surface area (Å²) in [6.07, 6.45) is -0.445. The van der Waals surface area contributed by atoms with Gasteiger partial charge in [-0.3, -0.25) is 0 Å². The number of halogens is 2. The predicted octanol–water partition coefficient (Wildman–Crippen LogP) is 2.73. The first-order valence-electron chi connectivity index (χ1n) is 5.01. The van der Waals surface area contributed by atoms with Gasteiger partial charge in [0.1, 0.15) is 5.75 Å². The van der Waals surface area contributed by atoms with Gasteiger partial charge >= 0.3 is 0 Å². The van der Waals surface area contributed by atoms with Crippen LogP contribution in [0.4, 0.5) is 0 Å². The number of phenols is 1. The van der Waals surface area contributed by atoms with Gasteiger partial charge in [0.05, 0.1) is 11.1 Å². The first-order chi connectivity index (χ1) is 7.41. The van der Waals surface area contributed by atoms with Crippen LogP contribution in [0.2, 0.25) is 10.0 Å². The minimum Gasteiger partial charge on any atom is -0.506 e. The van der Waals surface area contributed by atoms with E-state index in [1.807, 2.05) is 6.92 Å². The highest BCUT2D eigenvalue weighted by molar-refractivity contribution is 6.35. The van der Waals surface area contributed by atoms with Gasteiger partial charge in [0, 0.05) is 23.2 Å². The molecule has 2 atom stereocenters. The molecule has 0 aliphatic carbocycles. The van der Waals surface area contributed by atoms with E-state index in [4.69, 9.17) is 28.3 Å². The van der Waals surface area contributed by atoms with E-state index in [1.165, 1.54) is 6.07 Å². The van der Waals surface area contributed by atoms with E-state index in [0.29, 0.717) is 17.1 Å². The summed E-state index contributed by atoms with van der Waals surface area (Å²) in [4.78, 5) is 0. The van der Waals surface area contributed by atoms with Crippen molar-refractivity contribution in [3.05, 3.63) is 27.7 Å². The maximum atomic E-state index is 9.76. The first kappa shape index (κ1) is 13.6. The van der Waals surface area contributed by atoms with Crippen LogP contribution in [0.15, 0.2) is 12.1 Å². The fourth-order valence-corrected chi connectivity index (χ4v) is 1.88. The molecule has 0 bridgehead atoms. The van der Waals surface area contributed by atoms with Crippen molar-refractivity contribution in [2.24, 2.45) is 0 Å². The molecule has 90 valence electrons. The molecule has 0 amide bonds. The summed E-state index contributed by atoms with van der Waals surface area (Å²) in [5.74, 6) is 0.0247. The zero-order chi connectivity index (χ0) is 12.3. The number of nitrogens with one attached hydrogen (secondary N) is 1. The Morgan fingerprint density at radius 2 is 1.94 bits per heavy atom. The quantitative estimate of drug-likeness (QED) is 0.783. The number of hydrogen-bond donors (Lipinski definition) is 3. The third kappa shape index (κ3) is 3.52. The largest absolute Gasteiger partial charge is 0.506 e. The minimum absolute atomic E-state index is 0.0247. The van der Waals surface area contributed by atoms with E-state index in [-0.39, 0.29) is 16.8 Å². The van der Waals surface area contributed by atoms with Crippen molar-refractivity contribution in [2.75, 3.05) is 6.54 Å². The average Bonchev–Trinajstić information content (AvgIpc) is 2.19. The predicted molar refractivity (Wildman–Crippen MR) is 66.2 cm³/mol. The van der Waals surface area contributed by atoms with Gasteiger partial charge in [-0.15, -0.1) is 0 Å². The number of phenolic OH excluding ortho intramolecular Hbond substituents is 1. The van der Waals surface area contributed by atoms with Crippen molar-refractivity contribution >= 4 is 23.2 Å². The van der Waals surface area contributed by atoms with E-state index in [1.54, 1.807) is 13.0 Å². The van der Waals surface area contributed by atoms with E-state index in [9.17, 15) is 5.11 Å². The second kappa shape index (κ2) is 5.73. The lowest BCUT2D eigenvalue weighted by Crippen LogP contribution is -2.27. The first-order valence-corrected chi connectivity index (χ1v) is 5.76. The van der Waals surface area contributed by atoms with Crippen molar-refractivity contribution in [3.63, 3.8) is 0 Å².